The van der Waals surface area contributed by atoms with Gasteiger partial charge in [0.1, 0.15) is 5.03 Å². The van der Waals surface area contributed by atoms with Crippen LogP contribution in [-0.2, 0) is 13.6 Å². The lowest BCUT2D eigenvalue weighted by atomic mass is 10.2. The van der Waals surface area contributed by atoms with Crippen LogP contribution in [0.3, 0.4) is 0 Å². The molecule has 1 N–H and O–H groups in total. The molecular weight excluding hydrogens is 266 g/mol. The Bertz CT molecular complexity index is 546. The quantitative estimate of drug-likeness (QED) is 0.881. The Balaban J connectivity index is 2.15. The summed E-state index contributed by atoms with van der Waals surface area (Å²) in [7, 11) is 2.02. The molecule has 1 aromatic carbocycles. The highest BCUT2D eigenvalue weighted by Gasteiger charge is 2.14. The molecule has 0 saturated carbocycles. The van der Waals surface area contributed by atoms with Crippen LogP contribution in [0.1, 0.15) is 25.1 Å². The molecule has 108 valence electrons. The number of nitrogens with zero attached hydrogens (tertiary/aromatic N) is 2. The summed E-state index contributed by atoms with van der Waals surface area (Å²) in [6.07, 6.45) is 0. The number of aromatic nitrogens is 2. The van der Waals surface area contributed by atoms with Gasteiger partial charge in [0, 0.05) is 24.1 Å². The standard InChI is InChI=1S/C16H23N3S/c1-12(2)10-17-11-15-13(3)18-19(4)16(15)20-14-8-6-5-7-9-14/h5-9,12,17H,10-11H2,1-4H3. The molecule has 0 saturated heterocycles. The van der Waals surface area contributed by atoms with Crippen LogP contribution in [0, 0.1) is 12.8 Å². The summed E-state index contributed by atoms with van der Waals surface area (Å²) in [4.78, 5) is 1.25. The van der Waals surface area contributed by atoms with E-state index in [1.165, 1.54) is 15.5 Å². The fourth-order valence-electron chi connectivity index (χ4n) is 2.10. The Kier molecular flexibility index (Phi) is 5.26. The molecular formula is C16H23N3S. The Morgan fingerprint density at radius 1 is 1.25 bits per heavy atom. The van der Waals surface area contributed by atoms with E-state index in [9.17, 15) is 0 Å². The zero-order valence-corrected chi connectivity index (χ0v) is 13.5. The predicted molar refractivity (Wildman–Crippen MR) is 85.1 cm³/mol. The van der Waals surface area contributed by atoms with Crippen LogP contribution in [0.15, 0.2) is 40.3 Å². The van der Waals surface area contributed by atoms with Gasteiger partial charge in [-0.3, -0.25) is 4.68 Å². The second-order valence-corrected chi connectivity index (χ2v) is 6.49. The van der Waals surface area contributed by atoms with E-state index in [1.807, 2.05) is 17.8 Å². The molecule has 0 radical (unpaired) electrons. The van der Waals surface area contributed by atoms with Crippen LogP contribution < -0.4 is 5.32 Å². The first-order valence-electron chi connectivity index (χ1n) is 7.04. The summed E-state index contributed by atoms with van der Waals surface area (Å²) < 4.78 is 1.99. The van der Waals surface area contributed by atoms with E-state index in [1.54, 1.807) is 11.8 Å². The summed E-state index contributed by atoms with van der Waals surface area (Å²) in [5, 5.41) is 9.30. The van der Waals surface area contributed by atoms with Crippen LogP contribution >= 0.6 is 11.8 Å². The van der Waals surface area contributed by atoms with Crippen molar-refractivity contribution in [3.8, 4) is 0 Å². The molecule has 0 aliphatic carbocycles. The highest BCUT2D eigenvalue weighted by Crippen LogP contribution is 2.31. The number of rotatable bonds is 6. The Morgan fingerprint density at radius 3 is 2.60 bits per heavy atom. The summed E-state index contributed by atoms with van der Waals surface area (Å²) >= 11 is 1.78. The predicted octanol–water partition coefficient (Wildman–Crippen LogP) is 3.63. The van der Waals surface area contributed by atoms with Crippen molar-refractivity contribution in [2.75, 3.05) is 6.54 Å². The number of aryl methyl sites for hydroxylation is 2. The third-order valence-electron chi connectivity index (χ3n) is 3.10. The molecule has 2 aromatic rings. The minimum atomic E-state index is 0.664. The third-order valence-corrected chi connectivity index (χ3v) is 4.31. The number of hydrogen-bond donors (Lipinski definition) is 1. The van der Waals surface area contributed by atoms with Crippen LogP contribution in [0.5, 0.6) is 0 Å². The lowest BCUT2D eigenvalue weighted by molar-refractivity contribution is 0.548. The van der Waals surface area contributed by atoms with E-state index >= 15 is 0 Å². The molecule has 4 heteroatoms. The maximum Gasteiger partial charge on any atom is 0.103 e. The molecule has 0 fully saturated rings. The zero-order valence-electron chi connectivity index (χ0n) is 12.7. The van der Waals surface area contributed by atoms with E-state index in [2.05, 4.69) is 55.5 Å². The van der Waals surface area contributed by atoms with Crippen LogP contribution in [-0.4, -0.2) is 16.3 Å². The van der Waals surface area contributed by atoms with Gasteiger partial charge in [0.2, 0.25) is 0 Å². The van der Waals surface area contributed by atoms with E-state index in [0.717, 1.165) is 18.8 Å². The summed E-state index contributed by atoms with van der Waals surface area (Å²) in [5.74, 6) is 0.664. The second kappa shape index (κ2) is 6.95. The minimum Gasteiger partial charge on any atom is -0.312 e. The lowest BCUT2D eigenvalue weighted by Crippen LogP contribution is -2.19. The summed E-state index contributed by atoms with van der Waals surface area (Å²) in [5.41, 5.74) is 2.42. The van der Waals surface area contributed by atoms with Crippen molar-refractivity contribution in [3.63, 3.8) is 0 Å². The fraction of sp³-hybridized carbons (Fsp3) is 0.438. The van der Waals surface area contributed by atoms with E-state index in [4.69, 9.17) is 0 Å². The SMILES string of the molecule is Cc1nn(C)c(Sc2ccccc2)c1CNCC(C)C. The van der Waals surface area contributed by atoms with E-state index in [-0.39, 0.29) is 0 Å². The normalized spacial score (nSPS) is 11.2. The molecule has 20 heavy (non-hydrogen) atoms. The van der Waals surface area contributed by atoms with Crippen molar-refractivity contribution in [1.82, 2.24) is 15.1 Å². The highest BCUT2D eigenvalue weighted by molar-refractivity contribution is 7.99. The fourth-order valence-corrected chi connectivity index (χ4v) is 3.13. The molecule has 0 bridgehead atoms. The van der Waals surface area contributed by atoms with Crippen molar-refractivity contribution >= 4 is 11.8 Å². The van der Waals surface area contributed by atoms with Gasteiger partial charge < -0.3 is 5.32 Å². The molecule has 0 unspecified atom stereocenters. The number of benzene rings is 1. The molecule has 0 aliphatic rings. The van der Waals surface area contributed by atoms with E-state index in [0.29, 0.717) is 5.92 Å². The lowest BCUT2D eigenvalue weighted by Gasteiger charge is -2.09. The monoisotopic (exact) mass is 289 g/mol. The van der Waals surface area contributed by atoms with Crippen molar-refractivity contribution in [1.29, 1.82) is 0 Å². The second-order valence-electron chi connectivity index (χ2n) is 5.43. The van der Waals surface area contributed by atoms with Crippen molar-refractivity contribution < 1.29 is 0 Å². The first-order valence-corrected chi connectivity index (χ1v) is 7.85. The molecule has 3 nitrogen and oxygen atoms in total. The van der Waals surface area contributed by atoms with Crippen molar-refractivity contribution in [2.45, 2.75) is 37.2 Å². The maximum absolute atomic E-state index is 4.56. The molecule has 0 amide bonds. The zero-order chi connectivity index (χ0) is 14.5. The molecule has 2 rings (SSSR count). The molecule has 0 aliphatic heterocycles. The average Bonchev–Trinajstić information content (AvgIpc) is 2.66. The van der Waals surface area contributed by atoms with Gasteiger partial charge in [-0.25, -0.2) is 0 Å². The van der Waals surface area contributed by atoms with Gasteiger partial charge >= 0.3 is 0 Å². The Morgan fingerprint density at radius 2 is 1.95 bits per heavy atom. The topological polar surface area (TPSA) is 29.9 Å². The van der Waals surface area contributed by atoms with Gasteiger partial charge in [0.15, 0.2) is 0 Å². The van der Waals surface area contributed by atoms with Crippen LogP contribution in [0.2, 0.25) is 0 Å². The largest absolute Gasteiger partial charge is 0.312 e. The third kappa shape index (κ3) is 3.87. The van der Waals surface area contributed by atoms with E-state index < -0.39 is 0 Å². The smallest absolute Gasteiger partial charge is 0.103 e. The van der Waals surface area contributed by atoms with Crippen LogP contribution in [0.4, 0.5) is 0 Å². The molecule has 0 atom stereocenters. The van der Waals surface area contributed by atoms with Crippen molar-refractivity contribution in [3.05, 3.63) is 41.6 Å². The van der Waals surface area contributed by atoms with Gasteiger partial charge in [-0.05, 0) is 31.5 Å². The average molecular weight is 289 g/mol. The maximum atomic E-state index is 4.56. The van der Waals surface area contributed by atoms with Gasteiger partial charge in [0.25, 0.3) is 0 Å². The van der Waals surface area contributed by atoms with Crippen LogP contribution in [0.25, 0.3) is 0 Å². The Hall–Kier alpha value is -1.26. The number of hydrogen-bond acceptors (Lipinski definition) is 3. The first kappa shape index (κ1) is 15.1. The molecule has 1 aromatic heterocycles. The first-order chi connectivity index (χ1) is 9.58. The Labute approximate surface area is 125 Å². The summed E-state index contributed by atoms with van der Waals surface area (Å²) in [6.45, 7) is 8.45. The number of nitrogens with one attached hydrogen (secondary N) is 1. The van der Waals surface area contributed by atoms with Gasteiger partial charge in [0.05, 0.1) is 5.69 Å². The summed E-state index contributed by atoms with van der Waals surface area (Å²) in [6, 6.07) is 10.5. The highest BCUT2D eigenvalue weighted by atomic mass is 32.2. The van der Waals surface area contributed by atoms with Gasteiger partial charge in [-0.1, -0.05) is 43.8 Å². The van der Waals surface area contributed by atoms with Gasteiger partial charge in [-0.15, -0.1) is 0 Å². The van der Waals surface area contributed by atoms with Crippen molar-refractivity contribution in [2.24, 2.45) is 13.0 Å². The molecule has 1 heterocycles. The van der Waals surface area contributed by atoms with Gasteiger partial charge in [-0.2, -0.15) is 5.10 Å². The minimum absolute atomic E-state index is 0.664. The molecule has 0 spiro atoms.